The summed E-state index contributed by atoms with van der Waals surface area (Å²) in [5.41, 5.74) is 1.33. The second-order valence-electron chi connectivity index (χ2n) is 8.03. The fraction of sp³-hybridized carbons (Fsp3) is 0.348. The summed E-state index contributed by atoms with van der Waals surface area (Å²) in [4.78, 5) is 13.0. The third kappa shape index (κ3) is 3.47. The van der Waals surface area contributed by atoms with Crippen molar-refractivity contribution >= 4 is 23.0 Å². The van der Waals surface area contributed by atoms with E-state index in [2.05, 4.69) is 0 Å². The van der Waals surface area contributed by atoms with Crippen molar-refractivity contribution in [2.45, 2.75) is 52.2 Å². The number of aliphatic hydroxyl groups is 1. The topological polar surface area (TPSA) is 46.5 Å². The highest BCUT2D eigenvalue weighted by molar-refractivity contribution is 6.30. The summed E-state index contributed by atoms with van der Waals surface area (Å²) >= 11 is 5.78. The van der Waals surface area contributed by atoms with Gasteiger partial charge < -0.3 is 9.84 Å². The molecule has 0 spiro atoms. The Morgan fingerprint density at radius 2 is 1.64 bits per heavy atom. The Balaban J connectivity index is 2.17. The molecule has 1 aliphatic heterocycles. The van der Waals surface area contributed by atoms with Crippen molar-refractivity contribution in [1.82, 2.24) is 0 Å². The Morgan fingerprint density at radius 3 is 2.25 bits per heavy atom. The summed E-state index contributed by atoms with van der Waals surface area (Å²) in [6.07, 6.45) is 0.644. The van der Waals surface area contributed by atoms with Gasteiger partial charge in [0.2, 0.25) is 0 Å². The second kappa shape index (κ2) is 7.02. The zero-order valence-corrected chi connectivity index (χ0v) is 17.4. The van der Waals surface area contributed by atoms with Crippen molar-refractivity contribution in [1.29, 1.82) is 0 Å². The van der Waals surface area contributed by atoms with Crippen LogP contribution < -0.4 is 0 Å². The molecule has 0 unspecified atom stereocenters. The molecule has 2 aromatic rings. The Hall–Kier alpha value is -2.17. The second-order valence-corrected chi connectivity index (χ2v) is 8.44. The Bertz CT molecular complexity index is 989. The van der Waals surface area contributed by atoms with Gasteiger partial charge >= 0.3 is 0 Å². The third-order valence-corrected chi connectivity index (χ3v) is 5.41. The van der Waals surface area contributed by atoms with Crippen LogP contribution in [0.4, 0.5) is 4.39 Å². The van der Waals surface area contributed by atoms with Crippen LogP contribution in [0.3, 0.4) is 0 Å². The molecule has 0 atom stereocenters. The minimum Gasteiger partial charge on any atom is -0.508 e. The number of aryl methyl sites for hydroxylation is 1. The number of ketones is 1. The summed E-state index contributed by atoms with van der Waals surface area (Å²) in [5.74, 6) is -0.814. The minimum atomic E-state index is -1.05. The van der Waals surface area contributed by atoms with Crippen molar-refractivity contribution in [3.8, 4) is 11.1 Å². The summed E-state index contributed by atoms with van der Waals surface area (Å²) in [7, 11) is 0. The van der Waals surface area contributed by atoms with E-state index in [1.165, 1.54) is 12.1 Å². The van der Waals surface area contributed by atoms with Crippen LogP contribution in [0.15, 0.2) is 42.2 Å². The largest absolute Gasteiger partial charge is 0.508 e. The minimum absolute atomic E-state index is 0.0724. The smallest absolute Gasteiger partial charge is 0.198 e. The van der Waals surface area contributed by atoms with Gasteiger partial charge in [-0.2, -0.15) is 0 Å². The maximum absolute atomic E-state index is 13.9. The molecule has 28 heavy (non-hydrogen) atoms. The van der Waals surface area contributed by atoms with E-state index >= 15 is 0 Å². The standard InChI is InChI=1S/C23H24ClFO3/c1-6-13-11-14(15-8-10-17(24)18(25)12-15)7-9-16(13)19-20(26)22(2,3)28-23(4,5)21(19)27/h7-12,26H,6H2,1-5H3. The molecule has 0 aromatic heterocycles. The highest BCUT2D eigenvalue weighted by Crippen LogP contribution is 2.41. The molecule has 1 heterocycles. The molecule has 148 valence electrons. The van der Waals surface area contributed by atoms with Gasteiger partial charge in [0.05, 0.1) is 10.6 Å². The van der Waals surface area contributed by atoms with Gasteiger partial charge in [0.1, 0.15) is 22.8 Å². The number of carbonyl (C=O) groups excluding carboxylic acids is 1. The lowest BCUT2D eigenvalue weighted by atomic mass is 9.81. The molecule has 3 rings (SSSR count). The number of carbonyl (C=O) groups is 1. The number of Topliss-reactive ketones (excluding diaryl/α,β-unsaturated/α-hetero) is 1. The molecule has 1 aliphatic rings. The molecule has 0 bridgehead atoms. The molecular weight excluding hydrogens is 379 g/mol. The number of aliphatic hydroxyl groups excluding tert-OH is 1. The van der Waals surface area contributed by atoms with E-state index in [0.29, 0.717) is 17.5 Å². The first-order valence-electron chi connectivity index (χ1n) is 9.25. The average Bonchev–Trinajstić information content (AvgIpc) is 2.62. The van der Waals surface area contributed by atoms with Crippen LogP contribution in [0.2, 0.25) is 5.02 Å². The van der Waals surface area contributed by atoms with Gasteiger partial charge in [-0.3, -0.25) is 4.79 Å². The third-order valence-electron chi connectivity index (χ3n) is 5.10. The highest BCUT2D eigenvalue weighted by atomic mass is 35.5. The Kier molecular flexibility index (Phi) is 5.15. The summed E-state index contributed by atoms with van der Waals surface area (Å²) in [6.45, 7) is 8.88. The van der Waals surface area contributed by atoms with Gasteiger partial charge in [0.15, 0.2) is 5.78 Å². The van der Waals surface area contributed by atoms with Crippen LogP contribution >= 0.6 is 11.6 Å². The lowest BCUT2D eigenvalue weighted by Crippen LogP contribution is -2.49. The molecule has 5 heteroatoms. The number of benzene rings is 2. The van der Waals surface area contributed by atoms with Gasteiger partial charge in [-0.05, 0) is 68.5 Å². The van der Waals surface area contributed by atoms with Gasteiger partial charge in [-0.1, -0.05) is 42.8 Å². The Labute approximate surface area is 169 Å². The normalized spacial score (nSPS) is 18.5. The predicted octanol–water partition coefficient (Wildman–Crippen LogP) is 6.13. The highest BCUT2D eigenvalue weighted by Gasteiger charge is 2.47. The van der Waals surface area contributed by atoms with Crippen LogP contribution in [0.5, 0.6) is 0 Å². The van der Waals surface area contributed by atoms with Crippen LogP contribution in [-0.2, 0) is 16.0 Å². The van der Waals surface area contributed by atoms with E-state index in [9.17, 15) is 14.3 Å². The monoisotopic (exact) mass is 402 g/mol. The van der Waals surface area contributed by atoms with E-state index in [1.807, 2.05) is 25.1 Å². The molecule has 0 saturated carbocycles. The van der Waals surface area contributed by atoms with E-state index in [4.69, 9.17) is 16.3 Å². The van der Waals surface area contributed by atoms with Crippen molar-refractivity contribution < 1.29 is 19.0 Å². The maximum Gasteiger partial charge on any atom is 0.198 e. The molecule has 0 amide bonds. The van der Waals surface area contributed by atoms with Crippen molar-refractivity contribution in [3.05, 3.63) is 64.1 Å². The first-order valence-corrected chi connectivity index (χ1v) is 9.63. The van der Waals surface area contributed by atoms with E-state index in [0.717, 1.165) is 11.1 Å². The first-order chi connectivity index (χ1) is 13.0. The van der Waals surface area contributed by atoms with Crippen molar-refractivity contribution in [2.75, 3.05) is 0 Å². The van der Waals surface area contributed by atoms with Crippen LogP contribution in [0.1, 0.15) is 45.7 Å². The molecule has 1 N–H and O–H groups in total. The Morgan fingerprint density at radius 1 is 1.04 bits per heavy atom. The fourth-order valence-corrected chi connectivity index (χ4v) is 3.79. The van der Waals surface area contributed by atoms with Gasteiger partial charge in [-0.25, -0.2) is 4.39 Å². The molecule has 3 nitrogen and oxygen atoms in total. The van der Waals surface area contributed by atoms with Crippen LogP contribution in [-0.4, -0.2) is 22.1 Å². The summed E-state index contributed by atoms with van der Waals surface area (Å²) in [6, 6.07) is 10.2. The number of halogens is 2. The predicted molar refractivity (Wildman–Crippen MR) is 110 cm³/mol. The fourth-order valence-electron chi connectivity index (χ4n) is 3.68. The maximum atomic E-state index is 13.9. The van der Waals surface area contributed by atoms with Crippen molar-refractivity contribution in [3.63, 3.8) is 0 Å². The number of ether oxygens (including phenoxy) is 1. The quantitative estimate of drug-likeness (QED) is 0.671. The van der Waals surface area contributed by atoms with E-state index in [1.54, 1.807) is 33.8 Å². The van der Waals surface area contributed by atoms with E-state index < -0.39 is 17.0 Å². The molecule has 2 aromatic carbocycles. The number of hydrogen-bond acceptors (Lipinski definition) is 3. The van der Waals surface area contributed by atoms with Crippen LogP contribution in [0, 0.1) is 5.82 Å². The summed E-state index contributed by atoms with van der Waals surface area (Å²) in [5, 5.41) is 10.9. The van der Waals surface area contributed by atoms with Gasteiger partial charge in [-0.15, -0.1) is 0 Å². The van der Waals surface area contributed by atoms with Gasteiger partial charge in [0.25, 0.3) is 0 Å². The summed E-state index contributed by atoms with van der Waals surface area (Å²) < 4.78 is 19.7. The zero-order valence-electron chi connectivity index (χ0n) is 16.7. The number of rotatable bonds is 3. The SMILES string of the molecule is CCc1cc(-c2ccc(Cl)c(F)c2)ccc1C1=C(O)C(C)(C)OC(C)(C)C1=O. The lowest BCUT2D eigenvalue weighted by Gasteiger charge is -2.40. The first kappa shape index (κ1) is 20.6. The molecule has 0 fully saturated rings. The zero-order chi connectivity index (χ0) is 20.9. The molecular formula is C23H24ClFO3. The molecule has 0 aliphatic carbocycles. The molecule has 0 radical (unpaired) electrons. The molecule has 0 saturated heterocycles. The van der Waals surface area contributed by atoms with Crippen molar-refractivity contribution in [2.24, 2.45) is 0 Å². The number of hydrogen-bond donors (Lipinski definition) is 1. The van der Waals surface area contributed by atoms with Gasteiger partial charge in [0, 0.05) is 0 Å². The lowest BCUT2D eigenvalue weighted by molar-refractivity contribution is -0.158. The van der Waals surface area contributed by atoms with E-state index in [-0.39, 0.29) is 22.1 Å². The average molecular weight is 403 g/mol. The van der Waals surface area contributed by atoms with Crippen LogP contribution in [0.25, 0.3) is 16.7 Å².